The highest BCUT2D eigenvalue weighted by atomic mass is 19.1. The summed E-state index contributed by atoms with van der Waals surface area (Å²) in [6.45, 7) is 2.37. The first-order chi connectivity index (χ1) is 9.03. The Hall–Kier alpha value is -1.60. The maximum Gasteiger partial charge on any atom is 0.127 e. The van der Waals surface area contributed by atoms with Gasteiger partial charge in [0.05, 0.1) is 12.7 Å². The van der Waals surface area contributed by atoms with Gasteiger partial charge in [-0.25, -0.2) is 4.39 Å². The molecule has 1 atom stereocenters. The first-order valence-electron chi connectivity index (χ1n) is 6.58. The number of nitriles is 1. The molecule has 1 aromatic rings. The highest BCUT2D eigenvalue weighted by molar-refractivity contribution is 5.30. The highest BCUT2D eigenvalue weighted by Gasteiger charge is 2.43. The smallest absolute Gasteiger partial charge is 0.127 e. The number of rotatable bonds is 6. The molecule has 19 heavy (non-hydrogen) atoms. The summed E-state index contributed by atoms with van der Waals surface area (Å²) in [4.78, 5) is 0. The van der Waals surface area contributed by atoms with Crippen molar-refractivity contribution in [3.8, 4) is 11.8 Å². The van der Waals surface area contributed by atoms with Gasteiger partial charge in [-0.2, -0.15) is 5.26 Å². The first kappa shape index (κ1) is 13.8. The summed E-state index contributed by atoms with van der Waals surface area (Å²) in [6.07, 6.45) is 3.16. The molecule has 4 heteroatoms. The van der Waals surface area contributed by atoms with Crippen LogP contribution < -0.4 is 10.5 Å². The van der Waals surface area contributed by atoms with Crippen molar-refractivity contribution in [3.63, 3.8) is 0 Å². The number of nitrogens with two attached hydrogens (primary N) is 1. The van der Waals surface area contributed by atoms with E-state index in [1.807, 2.05) is 13.0 Å². The second kappa shape index (κ2) is 5.58. The summed E-state index contributed by atoms with van der Waals surface area (Å²) in [5, 5.41) is 8.75. The standard InChI is InChI=1S/C15H19FN2O/c1-11(18)6-12-7-13(16)9-14(8-12)19-10-15(2-3-15)4-5-17/h7-9,11H,2-4,6,10,18H2,1H3. The largest absolute Gasteiger partial charge is 0.493 e. The molecule has 0 radical (unpaired) electrons. The summed E-state index contributed by atoms with van der Waals surface area (Å²) in [5.41, 5.74) is 6.56. The molecule has 0 saturated heterocycles. The van der Waals surface area contributed by atoms with Crippen LogP contribution in [-0.4, -0.2) is 12.6 Å². The number of ether oxygens (including phenoxy) is 1. The fourth-order valence-corrected chi connectivity index (χ4v) is 2.15. The number of hydrogen-bond donors (Lipinski definition) is 1. The molecule has 0 heterocycles. The fraction of sp³-hybridized carbons (Fsp3) is 0.533. The molecule has 2 N–H and O–H groups in total. The molecule has 1 aliphatic rings. The lowest BCUT2D eigenvalue weighted by atomic mass is 10.1. The molecule has 1 aliphatic carbocycles. The van der Waals surface area contributed by atoms with Gasteiger partial charge in [0.1, 0.15) is 11.6 Å². The van der Waals surface area contributed by atoms with E-state index in [4.69, 9.17) is 15.7 Å². The van der Waals surface area contributed by atoms with Crippen LogP contribution in [0.25, 0.3) is 0 Å². The zero-order chi connectivity index (χ0) is 13.9. The van der Waals surface area contributed by atoms with E-state index in [9.17, 15) is 4.39 Å². The number of benzene rings is 1. The third-order valence-corrected chi connectivity index (χ3v) is 3.44. The molecule has 0 amide bonds. The molecule has 2 rings (SSSR count). The Kier molecular flexibility index (Phi) is 4.06. The van der Waals surface area contributed by atoms with Crippen LogP contribution in [0.1, 0.15) is 31.7 Å². The van der Waals surface area contributed by atoms with Crippen LogP contribution in [0.5, 0.6) is 5.75 Å². The van der Waals surface area contributed by atoms with Gasteiger partial charge >= 0.3 is 0 Å². The van der Waals surface area contributed by atoms with E-state index < -0.39 is 0 Å². The van der Waals surface area contributed by atoms with Crippen molar-refractivity contribution >= 4 is 0 Å². The number of nitrogens with zero attached hydrogens (tertiary/aromatic N) is 1. The average molecular weight is 262 g/mol. The molecule has 0 aliphatic heterocycles. The monoisotopic (exact) mass is 262 g/mol. The van der Waals surface area contributed by atoms with Gasteiger partial charge < -0.3 is 10.5 Å². The second-order valence-electron chi connectivity index (χ2n) is 5.60. The van der Waals surface area contributed by atoms with Crippen LogP contribution in [0.3, 0.4) is 0 Å². The summed E-state index contributed by atoms with van der Waals surface area (Å²) in [5.74, 6) is 0.221. The first-order valence-corrected chi connectivity index (χ1v) is 6.58. The topological polar surface area (TPSA) is 59.0 Å². The Bertz CT molecular complexity index is 489. The van der Waals surface area contributed by atoms with Gasteiger partial charge in [0.2, 0.25) is 0 Å². The molecule has 1 saturated carbocycles. The predicted octanol–water partition coefficient (Wildman–Crippen LogP) is 2.79. The normalized spacial score (nSPS) is 17.6. The van der Waals surface area contributed by atoms with E-state index in [1.165, 1.54) is 12.1 Å². The van der Waals surface area contributed by atoms with Crippen molar-refractivity contribution < 1.29 is 9.13 Å². The zero-order valence-electron chi connectivity index (χ0n) is 11.2. The molecule has 0 bridgehead atoms. The highest BCUT2D eigenvalue weighted by Crippen LogP contribution is 2.48. The molecule has 102 valence electrons. The third-order valence-electron chi connectivity index (χ3n) is 3.44. The summed E-state index contributed by atoms with van der Waals surface area (Å²) in [6, 6.07) is 6.87. The Morgan fingerprint density at radius 2 is 2.21 bits per heavy atom. The van der Waals surface area contributed by atoms with Crippen molar-refractivity contribution in [2.24, 2.45) is 11.1 Å². The molecule has 0 aromatic heterocycles. The van der Waals surface area contributed by atoms with E-state index in [0.29, 0.717) is 25.2 Å². The summed E-state index contributed by atoms with van der Waals surface area (Å²) < 4.78 is 19.1. The minimum Gasteiger partial charge on any atom is -0.493 e. The average Bonchev–Trinajstić information content (AvgIpc) is 3.06. The van der Waals surface area contributed by atoms with Gasteiger partial charge in [-0.15, -0.1) is 0 Å². The van der Waals surface area contributed by atoms with Crippen molar-refractivity contribution in [3.05, 3.63) is 29.6 Å². The number of hydrogen-bond acceptors (Lipinski definition) is 3. The van der Waals surface area contributed by atoms with Crippen LogP contribution in [-0.2, 0) is 6.42 Å². The minimum absolute atomic E-state index is 0.00237. The summed E-state index contributed by atoms with van der Waals surface area (Å²) in [7, 11) is 0. The number of halogens is 1. The maximum absolute atomic E-state index is 13.5. The molecular formula is C15H19FN2O. The molecule has 1 aromatic carbocycles. The van der Waals surface area contributed by atoms with Gasteiger partial charge in [0.25, 0.3) is 0 Å². The Morgan fingerprint density at radius 3 is 2.79 bits per heavy atom. The summed E-state index contributed by atoms with van der Waals surface area (Å²) >= 11 is 0. The van der Waals surface area contributed by atoms with Gasteiger partial charge in [-0.05, 0) is 43.9 Å². The molecular weight excluding hydrogens is 243 g/mol. The van der Waals surface area contributed by atoms with Crippen molar-refractivity contribution in [1.82, 2.24) is 0 Å². The van der Waals surface area contributed by atoms with Gasteiger partial charge in [0, 0.05) is 23.9 Å². The van der Waals surface area contributed by atoms with Crippen molar-refractivity contribution in [2.45, 2.75) is 38.6 Å². The Balaban J connectivity index is 2.00. The SMILES string of the molecule is CC(N)Cc1cc(F)cc(OCC2(CC#N)CC2)c1. The molecule has 3 nitrogen and oxygen atoms in total. The molecule has 0 spiro atoms. The lowest BCUT2D eigenvalue weighted by molar-refractivity contribution is 0.236. The van der Waals surface area contributed by atoms with E-state index in [-0.39, 0.29) is 17.3 Å². The predicted molar refractivity (Wildman–Crippen MR) is 71.1 cm³/mol. The second-order valence-corrected chi connectivity index (χ2v) is 5.60. The van der Waals surface area contributed by atoms with Crippen molar-refractivity contribution in [2.75, 3.05) is 6.61 Å². The minimum atomic E-state index is -0.307. The van der Waals surface area contributed by atoms with Crippen LogP contribution in [0, 0.1) is 22.6 Å². The lowest BCUT2D eigenvalue weighted by Gasteiger charge is -2.14. The van der Waals surface area contributed by atoms with E-state index in [1.54, 1.807) is 0 Å². The third kappa shape index (κ3) is 3.93. The van der Waals surface area contributed by atoms with Crippen LogP contribution in [0.15, 0.2) is 18.2 Å². The van der Waals surface area contributed by atoms with E-state index in [0.717, 1.165) is 18.4 Å². The van der Waals surface area contributed by atoms with Crippen LogP contribution >= 0.6 is 0 Å². The van der Waals surface area contributed by atoms with Gasteiger partial charge in [-0.3, -0.25) is 0 Å². The maximum atomic E-state index is 13.5. The van der Waals surface area contributed by atoms with Crippen LogP contribution in [0.4, 0.5) is 4.39 Å². The molecule has 1 unspecified atom stereocenters. The Labute approximate surface area is 113 Å². The van der Waals surface area contributed by atoms with E-state index >= 15 is 0 Å². The zero-order valence-corrected chi connectivity index (χ0v) is 11.2. The molecule has 1 fully saturated rings. The van der Waals surface area contributed by atoms with Gasteiger partial charge in [0.15, 0.2) is 0 Å². The fourth-order valence-electron chi connectivity index (χ4n) is 2.15. The quantitative estimate of drug-likeness (QED) is 0.857. The van der Waals surface area contributed by atoms with Crippen molar-refractivity contribution in [1.29, 1.82) is 5.26 Å². The van der Waals surface area contributed by atoms with E-state index in [2.05, 4.69) is 6.07 Å². The van der Waals surface area contributed by atoms with Gasteiger partial charge in [-0.1, -0.05) is 0 Å². The lowest BCUT2D eigenvalue weighted by Crippen LogP contribution is -2.18. The van der Waals surface area contributed by atoms with Crippen LogP contribution in [0.2, 0.25) is 0 Å². The Morgan fingerprint density at radius 1 is 1.47 bits per heavy atom.